The number of fused-ring (bicyclic) bond motifs is 1. The van der Waals surface area contributed by atoms with Crippen LogP contribution in [0.3, 0.4) is 0 Å². The van der Waals surface area contributed by atoms with Gasteiger partial charge in [-0.15, -0.1) is 11.3 Å². The van der Waals surface area contributed by atoms with Crippen LogP contribution in [0, 0.1) is 0 Å². The molecule has 116 valence electrons. The summed E-state index contributed by atoms with van der Waals surface area (Å²) in [6, 6.07) is 9.43. The van der Waals surface area contributed by atoms with Crippen LogP contribution in [0.25, 0.3) is 10.1 Å². The highest BCUT2D eigenvalue weighted by Crippen LogP contribution is 2.27. The molecule has 0 amide bonds. The van der Waals surface area contributed by atoms with E-state index in [9.17, 15) is 0 Å². The van der Waals surface area contributed by atoms with Gasteiger partial charge in [0.2, 0.25) is 0 Å². The molecule has 1 heterocycles. The molecule has 1 unspecified atom stereocenters. The average molecular weight is 304 g/mol. The van der Waals surface area contributed by atoms with Gasteiger partial charge >= 0.3 is 0 Å². The van der Waals surface area contributed by atoms with E-state index in [-0.39, 0.29) is 0 Å². The highest BCUT2D eigenvalue weighted by atomic mass is 32.1. The lowest BCUT2D eigenvalue weighted by Gasteiger charge is -2.17. The molecule has 1 nitrogen and oxygen atoms in total. The molecule has 0 aliphatic carbocycles. The molecule has 1 aromatic heterocycles. The lowest BCUT2D eigenvalue weighted by molar-refractivity contribution is 0.462. The van der Waals surface area contributed by atoms with Gasteiger partial charge in [-0.05, 0) is 41.8 Å². The van der Waals surface area contributed by atoms with E-state index in [1.165, 1.54) is 60.6 Å². The summed E-state index contributed by atoms with van der Waals surface area (Å²) in [6.45, 7) is 5.57. The van der Waals surface area contributed by atoms with Gasteiger partial charge in [0.1, 0.15) is 0 Å². The van der Waals surface area contributed by atoms with E-state index >= 15 is 0 Å². The Balaban J connectivity index is 1.89. The first kappa shape index (κ1) is 16.5. The Bertz CT molecular complexity index is 517. The number of thiophene rings is 1. The van der Waals surface area contributed by atoms with Gasteiger partial charge in [-0.1, -0.05) is 64.2 Å². The van der Waals surface area contributed by atoms with Crippen molar-refractivity contribution in [1.29, 1.82) is 0 Å². The first-order valence-corrected chi connectivity index (χ1v) is 9.41. The van der Waals surface area contributed by atoms with Gasteiger partial charge in [-0.2, -0.15) is 0 Å². The maximum Gasteiger partial charge on any atom is 0.0345 e. The van der Waals surface area contributed by atoms with Crippen LogP contribution in [0.2, 0.25) is 0 Å². The van der Waals surface area contributed by atoms with Crippen molar-refractivity contribution in [2.24, 2.45) is 0 Å². The Labute approximate surface area is 133 Å². The molecule has 0 saturated carbocycles. The molecule has 0 fully saturated rings. The van der Waals surface area contributed by atoms with Crippen LogP contribution in [-0.4, -0.2) is 12.6 Å². The number of hydrogen-bond acceptors (Lipinski definition) is 2. The van der Waals surface area contributed by atoms with Crippen molar-refractivity contribution in [3.05, 3.63) is 35.2 Å². The number of hydrogen-bond donors (Lipinski definition) is 1. The number of unbranched alkanes of at least 4 members (excludes halogenated alkanes) is 4. The Hall–Kier alpha value is -0.860. The van der Waals surface area contributed by atoms with E-state index in [0.717, 1.165) is 6.54 Å². The molecule has 1 atom stereocenters. The zero-order chi connectivity index (χ0) is 14.9. The third-order valence-electron chi connectivity index (χ3n) is 4.18. The van der Waals surface area contributed by atoms with Crippen molar-refractivity contribution in [3.63, 3.8) is 0 Å². The van der Waals surface area contributed by atoms with Gasteiger partial charge in [0.05, 0.1) is 0 Å². The molecular formula is C19H29NS. The topological polar surface area (TPSA) is 12.0 Å². The molecule has 2 rings (SSSR count). The molecule has 1 aromatic carbocycles. The van der Waals surface area contributed by atoms with Crippen LogP contribution >= 0.6 is 11.3 Å². The molecular weight excluding hydrogens is 274 g/mol. The molecule has 21 heavy (non-hydrogen) atoms. The molecule has 2 aromatic rings. The SMILES string of the molecule is CCCCCCCC(Cc1csc2ccccc12)NCC. The average Bonchev–Trinajstić information content (AvgIpc) is 2.90. The second-order valence-corrected chi connectivity index (χ2v) is 6.83. The number of rotatable bonds is 10. The van der Waals surface area contributed by atoms with E-state index < -0.39 is 0 Å². The fraction of sp³-hybridized carbons (Fsp3) is 0.579. The molecule has 1 N–H and O–H groups in total. The van der Waals surface area contributed by atoms with Crippen LogP contribution in [0.1, 0.15) is 57.9 Å². The van der Waals surface area contributed by atoms with Crippen LogP contribution < -0.4 is 5.32 Å². The van der Waals surface area contributed by atoms with E-state index in [2.05, 4.69) is 48.8 Å². The second-order valence-electron chi connectivity index (χ2n) is 5.92. The second kappa shape index (κ2) is 9.22. The van der Waals surface area contributed by atoms with Gasteiger partial charge in [0.15, 0.2) is 0 Å². The van der Waals surface area contributed by atoms with Crippen molar-refractivity contribution >= 4 is 21.4 Å². The Morgan fingerprint density at radius 1 is 1.05 bits per heavy atom. The summed E-state index contributed by atoms with van der Waals surface area (Å²) >= 11 is 1.88. The molecule has 0 spiro atoms. The standard InChI is InChI=1S/C19H29NS/c1-3-5-6-7-8-11-17(20-4-2)14-16-15-21-19-13-10-9-12-18(16)19/h9-10,12-13,15,17,20H,3-8,11,14H2,1-2H3. The lowest BCUT2D eigenvalue weighted by atomic mass is 9.99. The molecule has 0 aliphatic rings. The molecule has 2 heteroatoms. The fourth-order valence-corrected chi connectivity index (χ4v) is 3.99. The monoisotopic (exact) mass is 303 g/mol. The minimum atomic E-state index is 0.634. The maximum absolute atomic E-state index is 3.68. The first-order chi connectivity index (χ1) is 10.3. The van der Waals surface area contributed by atoms with Crippen molar-refractivity contribution in [2.75, 3.05) is 6.54 Å². The summed E-state index contributed by atoms with van der Waals surface area (Å²) in [5.74, 6) is 0. The molecule has 0 aliphatic heterocycles. The molecule has 0 saturated heterocycles. The van der Waals surface area contributed by atoms with Gasteiger partial charge in [0, 0.05) is 10.7 Å². The number of nitrogens with one attached hydrogen (secondary N) is 1. The minimum Gasteiger partial charge on any atom is -0.314 e. The van der Waals surface area contributed by atoms with E-state index in [1.807, 2.05) is 11.3 Å². The Kier molecular flexibility index (Phi) is 7.25. The Morgan fingerprint density at radius 3 is 2.67 bits per heavy atom. The highest BCUT2D eigenvalue weighted by Gasteiger charge is 2.11. The van der Waals surface area contributed by atoms with Crippen molar-refractivity contribution in [1.82, 2.24) is 5.32 Å². The van der Waals surface area contributed by atoms with E-state index in [0.29, 0.717) is 6.04 Å². The van der Waals surface area contributed by atoms with Crippen molar-refractivity contribution in [3.8, 4) is 0 Å². The third-order valence-corrected chi connectivity index (χ3v) is 5.19. The molecule has 0 radical (unpaired) electrons. The van der Waals surface area contributed by atoms with Gasteiger partial charge < -0.3 is 5.32 Å². The van der Waals surface area contributed by atoms with Gasteiger partial charge in [-0.3, -0.25) is 0 Å². The lowest BCUT2D eigenvalue weighted by Crippen LogP contribution is -2.30. The van der Waals surface area contributed by atoms with Crippen molar-refractivity contribution in [2.45, 2.75) is 64.8 Å². The van der Waals surface area contributed by atoms with Gasteiger partial charge in [0.25, 0.3) is 0 Å². The van der Waals surface area contributed by atoms with Crippen LogP contribution in [0.4, 0.5) is 0 Å². The summed E-state index contributed by atoms with van der Waals surface area (Å²) < 4.78 is 1.42. The highest BCUT2D eigenvalue weighted by molar-refractivity contribution is 7.17. The number of benzene rings is 1. The smallest absolute Gasteiger partial charge is 0.0345 e. The number of likely N-dealkylation sites (N-methyl/N-ethyl adjacent to an activating group) is 1. The summed E-state index contributed by atoms with van der Waals surface area (Å²) in [5, 5.41) is 7.49. The summed E-state index contributed by atoms with van der Waals surface area (Å²) in [7, 11) is 0. The maximum atomic E-state index is 3.68. The predicted octanol–water partition coefficient (Wildman–Crippen LogP) is 5.78. The van der Waals surface area contributed by atoms with E-state index in [4.69, 9.17) is 0 Å². The van der Waals surface area contributed by atoms with Crippen LogP contribution in [0.15, 0.2) is 29.6 Å². The van der Waals surface area contributed by atoms with Gasteiger partial charge in [-0.25, -0.2) is 0 Å². The first-order valence-electron chi connectivity index (χ1n) is 8.53. The van der Waals surface area contributed by atoms with Crippen molar-refractivity contribution < 1.29 is 0 Å². The summed E-state index contributed by atoms with van der Waals surface area (Å²) in [4.78, 5) is 0. The predicted molar refractivity (Wildman–Crippen MR) is 96.4 cm³/mol. The summed E-state index contributed by atoms with van der Waals surface area (Å²) in [5.41, 5.74) is 1.52. The summed E-state index contributed by atoms with van der Waals surface area (Å²) in [6.07, 6.45) is 9.35. The quantitative estimate of drug-likeness (QED) is 0.548. The normalized spacial score (nSPS) is 12.9. The zero-order valence-corrected chi connectivity index (χ0v) is 14.3. The third kappa shape index (κ3) is 5.12. The fourth-order valence-electron chi connectivity index (χ4n) is 3.02. The minimum absolute atomic E-state index is 0.634. The Morgan fingerprint density at radius 2 is 1.86 bits per heavy atom. The van der Waals surface area contributed by atoms with E-state index in [1.54, 1.807) is 0 Å². The van der Waals surface area contributed by atoms with Crippen LogP contribution in [0.5, 0.6) is 0 Å². The largest absolute Gasteiger partial charge is 0.314 e. The molecule has 0 bridgehead atoms. The zero-order valence-electron chi connectivity index (χ0n) is 13.5. The van der Waals surface area contributed by atoms with Crippen LogP contribution in [-0.2, 0) is 6.42 Å².